The smallest absolute Gasteiger partial charge is 0.142 e. The normalized spacial score (nSPS) is 12.5. The third-order valence-corrected chi connectivity index (χ3v) is 3.88. The quantitative estimate of drug-likeness (QED) is 0.729. The van der Waals surface area contributed by atoms with E-state index in [-0.39, 0.29) is 5.02 Å². The number of hydrogen-bond acceptors (Lipinski definition) is 1. The summed E-state index contributed by atoms with van der Waals surface area (Å²) in [5.41, 5.74) is 1.54. The molecule has 0 amide bonds. The van der Waals surface area contributed by atoms with Crippen molar-refractivity contribution in [2.24, 2.45) is 0 Å². The Bertz CT molecular complexity index is 785. The van der Waals surface area contributed by atoms with Crippen molar-refractivity contribution in [3.8, 4) is 0 Å². The highest BCUT2D eigenvalue weighted by Gasteiger charge is 2.11. The van der Waals surface area contributed by atoms with Crippen LogP contribution < -0.4 is 0 Å². The number of hydrogen-bond donors (Lipinski definition) is 1. The SMILES string of the molecule is OC(Cc1ccc2ccccc2c1)c1ccc(Cl)c(F)c1. The van der Waals surface area contributed by atoms with Crippen LogP contribution in [0.5, 0.6) is 0 Å². The average molecular weight is 301 g/mol. The molecule has 0 spiro atoms. The second-order valence-electron chi connectivity index (χ2n) is 5.07. The van der Waals surface area contributed by atoms with Gasteiger partial charge in [-0.3, -0.25) is 0 Å². The lowest BCUT2D eigenvalue weighted by atomic mass is 9.99. The summed E-state index contributed by atoms with van der Waals surface area (Å²) >= 11 is 5.65. The van der Waals surface area contributed by atoms with Crippen LogP contribution in [0.2, 0.25) is 5.02 Å². The van der Waals surface area contributed by atoms with Crippen molar-refractivity contribution in [1.29, 1.82) is 0 Å². The Morgan fingerprint density at radius 1 is 0.952 bits per heavy atom. The third kappa shape index (κ3) is 3.07. The zero-order valence-electron chi connectivity index (χ0n) is 11.3. The van der Waals surface area contributed by atoms with Crippen molar-refractivity contribution in [3.05, 3.63) is 82.6 Å². The molecule has 1 nitrogen and oxygen atoms in total. The average Bonchev–Trinajstić information content (AvgIpc) is 2.50. The van der Waals surface area contributed by atoms with Gasteiger partial charge in [0.15, 0.2) is 0 Å². The van der Waals surface area contributed by atoms with E-state index in [0.717, 1.165) is 16.3 Å². The van der Waals surface area contributed by atoms with Crippen LogP contribution in [0.15, 0.2) is 60.7 Å². The van der Waals surface area contributed by atoms with Gasteiger partial charge in [-0.2, -0.15) is 0 Å². The van der Waals surface area contributed by atoms with E-state index in [0.29, 0.717) is 12.0 Å². The van der Waals surface area contributed by atoms with Crippen molar-refractivity contribution in [2.45, 2.75) is 12.5 Å². The van der Waals surface area contributed by atoms with E-state index in [1.165, 1.54) is 12.1 Å². The summed E-state index contributed by atoms with van der Waals surface area (Å²) < 4.78 is 13.4. The summed E-state index contributed by atoms with van der Waals surface area (Å²) in [5, 5.41) is 12.6. The van der Waals surface area contributed by atoms with Crippen LogP contribution in [0.25, 0.3) is 10.8 Å². The molecule has 0 aliphatic rings. The highest BCUT2D eigenvalue weighted by atomic mass is 35.5. The molecule has 3 heteroatoms. The molecule has 0 fully saturated rings. The van der Waals surface area contributed by atoms with E-state index in [9.17, 15) is 9.50 Å². The zero-order chi connectivity index (χ0) is 14.8. The molecule has 1 atom stereocenters. The summed E-state index contributed by atoms with van der Waals surface area (Å²) in [7, 11) is 0. The van der Waals surface area contributed by atoms with Gasteiger partial charge in [-0.1, -0.05) is 60.1 Å². The second-order valence-corrected chi connectivity index (χ2v) is 5.48. The molecule has 0 aliphatic carbocycles. The van der Waals surface area contributed by atoms with Crippen LogP contribution in [-0.4, -0.2) is 5.11 Å². The van der Waals surface area contributed by atoms with Gasteiger partial charge in [-0.05, 0) is 34.0 Å². The van der Waals surface area contributed by atoms with Gasteiger partial charge in [0.1, 0.15) is 5.82 Å². The molecule has 0 heterocycles. The van der Waals surface area contributed by atoms with Gasteiger partial charge in [0.25, 0.3) is 0 Å². The van der Waals surface area contributed by atoms with Crippen LogP contribution in [0, 0.1) is 5.82 Å². The van der Waals surface area contributed by atoms with Crippen molar-refractivity contribution in [1.82, 2.24) is 0 Å². The van der Waals surface area contributed by atoms with Crippen molar-refractivity contribution >= 4 is 22.4 Å². The molecule has 0 aromatic heterocycles. The molecule has 0 saturated carbocycles. The second kappa shape index (κ2) is 5.84. The van der Waals surface area contributed by atoms with Crippen molar-refractivity contribution in [2.75, 3.05) is 0 Å². The maximum atomic E-state index is 13.4. The minimum absolute atomic E-state index is 0.0663. The Kier molecular flexibility index (Phi) is 3.91. The Labute approximate surface area is 127 Å². The summed E-state index contributed by atoms with van der Waals surface area (Å²) in [4.78, 5) is 0. The first-order valence-electron chi connectivity index (χ1n) is 6.74. The molecular formula is C18H14ClFO. The minimum Gasteiger partial charge on any atom is -0.388 e. The van der Waals surface area contributed by atoms with Gasteiger partial charge in [-0.25, -0.2) is 4.39 Å². The van der Waals surface area contributed by atoms with Gasteiger partial charge >= 0.3 is 0 Å². The van der Waals surface area contributed by atoms with Gasteiger partial charge in [0.05, 0.1) is 11.1 Å². The van der Waals surface area contributed by atoms with Crippen LogP contribution in [0.1, 0.15) is 17.2 Å². The van der Waals surface area contributed by atoms with E-state index in [4.69, 9.17) is 11.6 Å². The fraction of sp³-hybridized carbons (Fsp3) is 0.111. The van der Waals surface area contributed by atoms with Crippen LogP contribution in [-0.2, 0) is 6.42 Å². The summed E-state index contributed by atoms with van der Waals surface area (Å²) in [6.07, 6.45) is -0.316. The van der Waals surface area contributed by atoms with Crippen molar-refractivity contribution < 1.29 is 9.50 Å². The monoisotopic (exact) mass is 300 g/mol. The molecular weight excluding hydrogens is 287 g/mol. The lowest BCUT2D eigenvalue weighted by Gasteiger charge is -2.12. The van der Waals surface area contributed by atoms with E-state index >= 15 is 0 Å². The predicted octanol–water partition coefficient (Wildman–Crippen LogP) is 4.91. The van der Waals surface area contributed by atoms with Crippen LogP contribution >= 0.6 is 11.6 Å². The van der Waals surface area contributed by atoms with Crippen LogP contribution in [0.4, 0.5) is 4.39 Å². The molecule has 0 aliphatic heterocycles. The van der Waals surface area contributed by atoms with Gasteiger partial charge in [-0.15, -0.1) is 0 Å². The minimum atomic E-state index is -0.752. The topological polar surface area (TPSA) is 20.2 Å². The summed E-state index contributed by atoms with van der Waals surface area (Å²) in [6.45, 7) is 0. The van der Waals surface area contributed by atoms with E-state index in [2.05, 4.69) is 0 Å². The van der Waals surface area contributed by atoms with Gasteiger partial charge < -0.3 is 5.11 Å². The highest BCUT2D eigenvalue weighted by Crippen LogP contribution is 2.24. The Morgan fingerprint density at radius 2 is 1.71 bits per heavy atom. The molecule has 3 rings (SSSR count). The molecule has 21 heavy (non-hydrogen) atoms. The molecule has 0 bridgehead atoms. The molecule has 0 radical (unpaired) electrons. The van der Waals surface area contributed by atoms with E-state index in [1.54, 1.807) is 6.07 Å². The van der Waals surface area contributed by atoms with Crippen molar-refractivity contribution in [3.63, 3.8) is 0 Å². The Hall–Kier alpha value is -1.90. The summed E-state index contributed by atoms with van der Waals surface area (Å²) in [6, 6.07) is 18.5. The number of halogens is 2. The molecule has 1 N–H and O–H groups in total. The number of benzene rings is 3. The number of aliphatic hydroxyl groups excluding tert-OH is 1. The van der Waals surface area contributed by atoms with Gasteiger partial charge in [0, 0.05) is 6.42 Å². The van der Waals surface area contributed by atoms with Crippen LogP contribution in [0.3, 0.4) is 0 Å². The number of aliphatic hydroxyl groups is 1. The maximum absolute atomic E-state index is 13.4. The molecule has 106 valence electrons. The maximum Gasteiger partial charge on any atom is 0.142 e. The summed E-state index contributed by atoms with van der Waals surface area (Å²) in [5.74, 6) is -0.508. The zero-order valence-corrected chi connectivity index (χ0v) is 12.0. The molecule has 0 saturated heterocycles. The Balaban J connectivity index is 1.85. The first kappa shape index (κ1) is 14.1. The first-order valence-corrected chi connectivity index (χ1v) is 7.12. The molecule has 3 aromatic carbocycles. The fourth-order valence-corrected chi connectivity index (χ4v) is 2.54. The fourth-order valence-electron chi connectivity index (χ4n) is 2.43. The van der Waals surface area contributed by atoms with E-state index in [1.807, 2.05) is 42.5 Å². The molecule has 1 unspecified atom stereocenters. The third-order valence-electron chi connectivity index (χ3n) is 3.57. The van der Waals surface area contributed by atoms with E-state index < -0.39 is 11.9 Å². The lowest BCUT2D eigenvalue weighted by molar-refractivity contribution is 0.178. The number of fused-ring (bicyclic) bond motifs is 1. The first-order chi connectivity index (χ1) is 10.1. The Morgan fingerprint density at radius 3 is 2.48 bits per heavy atom. The lowest BCUT2D eigenvalue weighted by Crippen LogP contribution is -2.02. The van der Waals surface area contributed by atoms with Gasteiger partial charge in [0.2, 0.25) is 0 Å². The predicted molar refractivity (Wildman–Crippen MR) is 84.0 cm³/mol. The standard InChI is InChI=1S/C18H14ClFO/c19-16-8-7-15(11-17(16)20)18(21)10-12-5-6-13-3-1-2-4-14(13)9-12/h1-9,11,18,21H,10H2. The largest absolute Gasteiger partial charge is 0.388 e. The highest BCUT2D eigenvalue weighted by molar-refractivity contribution is 6.30. The number of rotatable bonds is 3. The molecule has 3 aromatic rings.